The van der Waals surface area contributed by atoms with E-state index in [1.807, 2.05) is 36.4 Å². The van der Waals surface area contributed by atoms with Crippen molar-refractivity contribution in [2.75, 3.05) is 9.80 Å². The average Bonchev–Trinajstić information content (AvgIpc) is 3.71. The van der Waals surface area contributed by atoms with Crippen molar-refractivity contribution in [2.45, 2.75) is 31.3 Å². The van der Waals surface area contributed by atoms with Crippen LogP contribution in [0.5, 0.6) is 0 Å². The lowest BCUT2D eigenvalue weighted by Gasteiger charge is -2.53. The maximum absolute atomic E-state index is 9.98. The highest BCUT2D eigenvalue weighted by atomic mass is 15.4. The van der Waals surface area contributed by atoms with E-state index in [1.54, 1.807) is 0 Å². The van der Waals surface area contributed by atoms with E-state index < -0.39 is 5.66 Å². The highest BCUT2D eigenvalue weighted by Gasteiger charge is 2.60. The molecule has 0 bridgehead atoms. The largest absolute Gasteiger partial charge is 0.310 e. The predicted molar refractivity (Wildman–Crippen MR) is 236 cm³/mol. The lowest BCUT2D eigenvalue weighted by atomic mass is 9.71. The monoisotopic (exact) mass is 744 g/mol. The van der Waals surface area contributed by atoms with E-state index in [0.717, 1.165) is 51.4 Å². The Balaban J connectivity index is 1.32. The third kappa shape index (κ3) is 5.27. The van der Waals surface area contributed by atoms with Crippen LogP contribution in [0.3, 0.4) is 0 Å². The predicted octanol–water partition coefficient (Wildman–Crippen LogP) is 13.2. The smallest absolute Gasteiger partial charge is 0.175 e. The molecule has 1 unspecified atom stereocenters. The van der Waals surface area contributed by atoms with Crippen LogP contribution in [0, 0.1) is 28.6 Å². The Morgan fingerprint density at radius 2 is 0.897 bits per heavy atom. The Morgan fingerprint density at radius 1 is 0.483 bits per heavy atom. The lowest BCUT2D eigenvalue weighted by molar-refractivity contribution is 0.406. The summed E-state index contributed by atoms with van der Waals surface area (Å²) in [7, 11) is 0. The number of anilines is 4. The first-order chi connectivity index (χ1) is 28.4. The Hall–Kier alpha value is -7.40. The van der Waals surface area contributed by atoms with E-state index in [-0.39, 0.29) is 11.3 Å². The Labute approximate surface area is 340 Å². The summed E-state index contributed by atoms with van der Waals surface area (Å²) in [4.78, 5) is 4.98. The number of hydrogen-bond donors (Lipinski definition) is 0. The Kier molecular flexibility index (Phi) is 8.26. The highest BCUT2D eigenvalue weighted by Crippen LogP contribution is 2.67. The second kappa shape index (κ2) is 13.7. The van der Waals surface area contributed by atoms with E-state index in [1.165, 1.54) is 27.8 Å². The third-order valence-electron chi connectivity index (χ3n) is 12.6. The van der Waals surface area contributed by atoms with Gasteiger partial charge >= 0.3 is 0 Å². The van der Waals surface area contributed by atoms with Crippen LogP contribution in [0.2, 0.25) is 0 Å². The van der Waals surface area contributed by atoms with Crippen molar-refractivity contribution in [2.24, 2.45) is 5.92 Å². The van der Waals surface area contributed by atoms with Crippen molar-refractivity contribution in [3.8, 4) is 34.4 Å². The van der Waals surface area contributed by atoms with Gasteiger partial charge in [-0.1, -0.05) is 129 Å². The molecule has 0 saturated carbocycles. The van der Waals surface area contributed by atoms with Crippen LogP contribution in [0.1, 0.15) is 48.1 Å². The molecule has 0 heterocycles. The minimum absolute atomic E-state index is 0.0595. The second-order valence-corrected chi connectivity index (χ2v) is 16.0. The van der Waals surface area contributed by atoms with Crippen molar-refractivity contribution < 1.29 is 0 Å². The van der Waals surface area contributed by atoms with Crippen molar-refractivity contribution in [3.05, 3.63) is 221 Å². The van der Waals surface area contributed by atoms with Gasteiger partial charge in [-0.3, -0.25) is 0 Å². The number of hydrogen-bond acceptors (Lipinski definition) is 4. The van der Waals surface area contributed by atoms with Crippen LogP contribution in [0.4, 0.5) is 22.7 Å². The van der Waals surface area contributed by atoms with Gasteiger partial charge in [0, 0.05) is 33.9 Å². The molecule has 0 fully saturated rings. The number of benzene rings is 7. The van der Waals surface area contributed by atoms with Gasteiger partial charge < -0.3 is 9.80 Å². The number of nitriles is 2. The van der Waals surface area contributed by atoms with Gasteiger partial charge in [-0.15, -0.1) is 0 Å². The molecule has 10 rings (SSSR count). The third-order valence-corrected chi connectivity index (χ3v) is 12.6. The molecule has 58 heavy (non-hydrogen) atoms. The van der Waals surface area contributed by atoms with Crippen LogP contribution < -0.4 is 9.80 Å². The maximum atomic E-state index is 9.98. The summed E-state index contributed by atoms with van der Waals surface area (Å²) in [5, 5.41) is 20.0. The van der Waals surface area contributed by atoms with Crippen molar-refractivity contribution in [1.29, 1.82) is 10.5 Å². The Bertz CT molecular complexity index is 2670. The summed E-state index contributed by atoms with van der Waals surface area (Å²) >= 11 is 0. The topological polar surface area (TPSA) is 54.1 Å². The molecule has 0 spiro atoms. The van der Waals surface area contributed by atoms with Gasteiger partial charge in [0.2, 0.25) is 0 Å². The zero-order valence-electron chi connectivity index (χ0n) is 32.5. The molecule has 0 amide bonds. The molecule has 0 radical (unpaired) electrons. The summed E-state index contributed by atoms with van der Waals surface area (Å²) in [6, 6.07) is 66.4. The molecule has 3 aliphatic rings. The molecule has 7 aromatic rings. The van der Waals surface area contributed by atoms with Gasteiger partial charge in [-0.05, 0) is 130 Å². The van der Waals surface area contributed by atoms with Crippen LogP contribution >= 0.6 is 0 Å². The Morgan fingerprint density at radius 3 is 1.34 bits per heavy atom. The molecule has 7 aromatic carbocycles. The standard InChI is InChI=1S/C54H40N4/c1-53(2)47-15-9-17-49-51(47)52-48(53)16-10-18-50(52)54(49,57(43-27-19-37(35-55)20-28-43)45-31-23-41(24-32-45)39-11-5-3-6-12-39)58(44-29-21-38(36-56)22-30-44)46-33-25-42(26-34-46)40-13-7-4-8-14-40/h3-15,17-34,48H,16H2,1-2H3. The molecular formula is C54H40N4. The summed E-state index contributed by atoms with van der Waals surface area (Å²) < 4.78 is 0. The van der Waals surface area contributed by atoms with E-state index in [9.17, 15) is 10.5 Å². The van der Waals surface area contributed by atoms with Crippen LogP contribution in [0.15, 0.2) is 194 Å². The van der Waals surface area contributed by atoms with Crippen molar-refractivity contribution in [3.63, 3.8) is 0 Å². The van der Waals surface area contributed by atoms with Gasteiger partial charge in [0.15, 0.2) is 5.66 Å². The summed E-state index contributed by atoms with van der Waals surface area (Å²) in [6.07, 6.45) is 5.71. The quantitative estimate of drug-likeness (QED) is 0.145. The van der Waals surface area contributed by atoms with Crippen LogP contribution in [0.25, 0.3) is 27.8 Å². The first kappa shape index (κ1) is 35.0. The summed E-state index contributed by atoms with van der Waals surface area (Å²) in [6.45, 7) is 4.80. The van der Waals surface area contributed by atoms with E-state index in [4.69, 9.17) is 0 Å². The molecule has 0 N–H and O–H groups in total. The zero-order valence-corrected chi connectivity index (χ0v) is 32.5. The van der Waals surface area contributed by atoms with Crippen molar-refractivity contribution in [1.82, 2.24) is 0 Å². The van der Waals surface area contributed by atoms with Gasteiger partial charge in [-0.25, -0.2) is 0 Å². The van der Waals surface area contributed by atoms with E-state index in [2.05, 4.69) is 187 Å². The molecule has 4 heteroatoms. The summed E-state index contributed by atoms with van der Waals surface area (Å²) in [5.74, 6) is 0.289. The molecule has 0 aromatic heterocycles. The lowest BCUT2D eigenvalue weighted by Crippen LogP contribution is -2.56. The van der Waals surface area contributed by atoms with Crippen molar-refractivity contribution >= 4 is 28.3 Å². The molecular weight excluding hydrogens is 705 g/mol. The van der Waals surface area contributed by atoms with E-state index >= 15 is 0 Å². The fraction of sp³-hybridized carbons (Fsp3) is 0.111. The minimum Gasteiger partial charge on any atom is -0.310 e. The summed E-state index contributed by atoms with van der Waals surface area (Å²) in [5.41, 5.74) is 15.2. The van der Waals surface area contributed by atoms with Crippen LogP contribution in [-0.2, 0) is 11.1 Å². The fourth-order valence-electron chi connectivity index (χ4n) is 9.85. The maximum Gasteiger partial charge on any atom is 0.175 e. The van der Waals surface area contributed by atoms with Gasteiger partial charge in [-0.2, -0.15) is 10.5 Å². The number of allylic oxidation sites excluding steroid dienone is 2. The molecule has 276 valence electrons. The van der Waals surface area contributed by atoms with Gasteiger partial charge in [0.05, 0.1) is 23.3 Å². The van der Waals surface area contributed by atoms with Crippen LogP contribution in [-0.4, -0.2) is 0 Å². The molecule has 1 atom stereocenters. The second-order valence-electron chi connectivity index (χ2n) is 16.0. The van der Waals surface area contributed by atoms with Gasteiger partial charge in [0.25, 0.3) is 0 Å². The molecule has 3 aliphatic carbocycles. The first-order valence-corrected chi connectivity index (χ1v) is 19.9. The van der Waals surface area contributed by atoms with E-state index in [0.29, 0.717) is 11.1 Å². The number of nitrogens with zero attached hydrogens (tertiary/aromatic N) is 4. The highest BCUT2D eigenvalue weighted by molar-refractivity contribution is 5.97. The number of rotatable bonds is 8. The van der Waals surface area contributed by atoms with Gasteiger partial charge in [0.1, 0.15) is 0 Å². The average molecular weight is 745 g/mol. The molecule has 4 nitrogen and oxygen atoms in total. The minimum atomic E-state index is -0.961. The SMILES string of the molecule is CC1(C)c2cccc3c2C2=C(C=CCC21)C3(N(c1ccc(C#N)cc1)c1ccc(-c2ccccc2)cc1)N(c1ccc(C#N)cc1)c1ccc(-c2ccccc2)cc1. The fourth-order valence-corrected chi connectivity index (χ4v) is 9.85. The normalized spacial score (nSPS) is 16.3. The molecule has 0 saturated heterocycles. The zero-order chi connectivity index (χ0) is 39.4. The molecule has 0 aliphatic heterocycles. The first-order valence-electron chi connectivity index (χ1n) is 19.9.